The molecule has 2 rings (SSSR count). The van der Waals surface area contributed by atoms with Crippen molar-refractivity contribution in [2.24, 2.45) is 0 Å². The zero-order chi connectivity index (χ0) is 20.4. The van der Waals surface area contributed by atoms with Gasteiger partial charge in [0, 0.05) is 20.3 Å². The summed E-state index contributed by atoms with van der Waals surface area (Å²) >= 11 is 0. The van der Waals surface area contributed by atoms with E-state index in [2.05, 4.69) is 10.6 Å². The molecule has 150 valence electrons. The third kappa shape index (κ3) is 5.99. The normalized spacial score (nSPS) is 11.4. The maximum Gasteiger partial charge on any atom is 0.265 e. The highest BCUT2D eigenvalue weighted by molar-refractivity contribution is 6.04. The summed E-state index contributed by atoms with van der Waals surface area (Å²) < 4.78 is 15.9. The number of ether oxygens (including phenoxy) is 3. The predicted molar refractivity (Wildman–Crippen MR) is 107 cm³/mol. The maximum atomic E-state index is 12.6. The van der Waals surface area contributed by atoms with E-state index in [1.807, 2.05) is 6.07 Å². The third-order valence-electron chi connectivity index (χ3n) is 3.98. The van der Waals surface area contributed by atoms with Crippen molar-refractivity contribution in [1.29, 1.82) is 0 Å². The van der Waals surface area contributed by atoms with Gasteiger partial charge in [-0.15, -0.1) is 0 Å². The van der Waals surface area contributed by atoms with Crippen LogP contribution in [0.5, 0.6) is 11.5 Å². The number of benzene rings is 2. The number of nitrogens with one attached hydrogen (secondary N) is 2. The Kier molecular flexibility index (Phi) is 8.30. The Labute approximate surface area is 165 Å². The van der Waals surface area contributed by atoms with Crippen LogP contribution in [-0.4, -0.2) is 45.3 Å². The van der Waals surface area contributed by atoms with Gasteiger partial charge in [-0.3, -0.25) is 9.59 Å². The molecule has 0 aliphatic heterocycles. The van der Waals surface area contributed by atoms with Gasteiger partial charge >= 0.3 is 0 Å². The molecular weight excluding hydrogens is 360 g/mol. The average Bonchev–Trinajstić information content (AvgIpc) is 2.71. The van der Waals surface area contributed by atoms with Gasteiger partial charge in [0.1, 0.15) is 0 Å². The quantitative estimate of drug-likeness (QED) is 0.613. The van der Waals surface area contributed by atoms with Crippen LogP contribution in [0.25, 0.3) is 0 Å². The lowest BCUT2D eigenvalue weighted by Crippen LogP contribution is -2.32. The molecule has 0 spiro atoms. The molecule has 0 heterocycles. The lowest BCUT2D eigenvalue weighted by molar-refractivity contribution is -0.122. The second kappa shape index (κ2) is 10.9. The number of methoxy groups -OCH3 is 2. The van der Waals surface area contributed by atoms with Gasteiger partial charge in [-0.2, -0.15) is 0 Å². The van der Waals surface area contributed by atoms with Gasteiger partial charge in [-0.25, -0.2) is 0 Å². The summed E-state index contributed by atoms with van der Waals surface area (Å²) in [4.78, 5) is 25.0. The Morgan fingerprint density at radius 3 is 2.39 bits per heavy atom. The van der Waals surface area contributed by atoms with Crippen LogP contribution in [0.2, 0.25) is 0 Å². The van der Waals surface area contributed by atoms with Crippen molar-refractivity contribution in [1.82, 2.24) is 5.32 Å². The maximum absolute atomic E-state index is 12.6. The summed E-state index contributed by atoms with van der Waals surface area (Å²) in [5.41, 5.74) is 0.810. The molecule has 0 saturated heterocycles. The number of anilines is 1. The zero-order valence-electron chi connectivity index (χ0n) is 16.4. The monoisotopic (exact) mass is 386 g/mol. The highest BCUT2D eigenvalue weighted by Crippen LogP contribution is 2.27. The topological polar surface area (TPSA) is 85.9 Å². The summed E-state index contributed by atoms with van der Waals surface area (Å²) in [6.45, 7) is 2.69. The molecule has 0 aliphatic carbocycles. The molecule has 0 fully saturated rings. The minimum absolute atomic E-state index is 0.259. The van der Waals surface area contributed by atoms with E-state index in [9.17, 15) is 9.59 Å². The van der Waals surface area contributed by atoms with Gasteiger partial charge < -0.3 is 24.8 Å². The Balaban J connectivity index is 2.02. The van der Waals surface area contributed by atoms with Crippen molar-refractivity contribution < 1.29 is 23.8 Å². The van der Waals surface area contributed by atoms with Crippen LogP contribution in [0.3, 0.4) is 0 Å². The largest absolute Gasteiger partial charge is 0.493 e. The third-order valence-corrected chi connectivity index (χ3v) is 3.98. The second-order valence-corrected chi connectivity index (χ2v) is 6.05. The van der Waals surface area contributed by atoms with Gasteiger partial charge in [-0.1, -0.05) is 24.3 Å². The van der Waals surface area contributed by atoms with E-state index >= 15 is 0 Å². The summed E-state index contributed by atoms with van der Waals surface area (Å²) in [7, 11) is 3.15. The van der Waals surface area contributed by atoms with E-state index in [0.717, 1.165) is 0 Å². The van der Waals surface area contributed by atoms with Crippen molar-refractivity contribution in [2.75, 3.05) is 32.7 Å². The number of hydrogen-bond donors (Lipinski definition) is 2. The highest BCUT2D eigenvalue weighted by atomic mass is 16.5. The molecule has 0 bridgehead atoms. The molecule has 2 aromatic rings. The molecule has 7 heteroatoms. The predicted octanol–water partition coefficient (Wildman–Crippen LogP) is 2.87. The molecule has 28 heavy (non-hydrogen) atoms. The van der Waals surface area contributed by atoms with Crippen molar-refractivity contribution in [3.63, 3.8) is 0 Å². The van der Waals surface area contributed by atoms with Crippen LogP contribution in [0.1, 0.15) is 23.7 Å². The molecule has 0 radical (unpaired) electrons. The fraction of sp³-hybridized carbons (Fsp3) is 0.333. The Morgan fingerprint density at radius 1 is 1.00 bits per heavy atom. The van der Waals surface area contributed by atoms with Crippen LogP contribution in [-0.2, 0) is 9.53 Å². The first kappa shape index (κ1) is 21.2. The first-order chi connectivity index (χ1) is 13.6. The molecule has 1 atom stereocenters. The molecule has 0 unspecified atom stereocenters. The highest BCUT2D eigenvalue weighted by Gasteiger charge is 2.19. The van der Waals surface area contributed by atoms with Crippen molar-refractivity contribution >= 4 is 17.5 Å². The van der Waals surface area contributed by atoms with Crippen LogP contribution in [0, 0.1) is 0 Å². The molecule has 2 amide bonds. The summed E-state index contributed by atoms with van der Waals surface area (Å²) in [5.74, 6) is 0.380. The first-order valence-corrected chi connectivity index (χ1v) is 9.03. The molecule has 0 saturated carbocycles. The first-order valence-electron chi connectivity index (χ1n) is 9.03. The Bertz CT molecular complexity index is 794. The van der Waals surface area contributed by atoms with Gasteiger partial charge in [0.15, 0.2) is 17.6 Å². The van der Waals surface area contributed by atoms with Crippen molar-refractivity contribution in [3.8, 4) is 11.5 Å². The SMILES string of the molecule is COCCCNC(=O)c1ccccc1NC(=O)[C@@H](C)Oc1ccccc1OC. The zero-order valence-corrected chi connectivity index (χ0v) is 16.4. The summed E-state index contributed by atoms with van der Waals surface area (Å²) in [5, 5.41) is 5.57. The minimum atomic E-state index is -0.783. The standard InChI is InChI=1S/C21H26N2O5/c1-15(28-19-12-7-6-11-18(19)27-3)20(24)23-17-10-5-4-9-16(17)21(25)22-13-8-14-26-2/h4-7,9-12,15H,8,13-14H2,1-3H3,(H,22,25)(H,23,24)/t15-/m1/s1. The van der Waals surface area contributed by atoms with Crippen LogP contribution < -0.4 is 20.1 Å². The van der Waals surface area contributed by atoms with E-state index < -0.39 is 6.10 Å². The lowest BCUT2D eigenvalue weighted by atomic mass is 10.1. The minimum Gasteiger partial charge on any atom is -0.493 e. The van der Waals surface area contributed by atoms with Crippen LogP contribution in [0.15, 0.2) is 48.5 Å². The van der Waals surface area contributed by atoms with Crippen LogP contribution in [0.4, 0.5) is 5.69 Å². The Morgan fingerprint density at radius 2 is 1.68 bits per heavy atom. The van der Waals surface area contributed by atoms with E-state index in [1.165, 1.54) is 7.11 Å². The van der Waals surface area contributed by atoms with Crippen LogP contribution >= 0.6 is 0 Å². The van der Waals surface area contributed by atoms with Gasteiger partial charge in [0.25, 0.3) is 11.8 Å². The fourth-order valence-electron chi connectivity index (χ4n) is 2.50. The number of hydrogen-bond acceptors (Lipinski definition) is 5. The van der Waals surface area contributed by atoms with E-state index in [1.54, 1.807) is 56.5 Å². The molecule has 0 aliphatic rings. The number of rotatable bonds is 10. The van der Waals surface area contributed by atoms with Crippen molar-refractivity contribution in [3.05, 3.63) is 54.1 Å². The summed E-state index contributed by atoms with van der Waals surface area (Å²) in [6.07, 6.45) is -0.0743. The number of carbonyl (C=O) groups excluding carboxylic acids is 2. The molecule has 2 aromatic carbocycles. The lowest BCUT2D eigenvalue weighted by Gasteiger charge is -2.17. The molecular formula is C21H26N2O5. The van der Waals surface area contributed by atoms with E-state index in [4.69, 9.17) is 14.2 Å². The summed E-state index contributed by atoms with van der Waals surface area (Å²) in [6, 6.07) is 13.9. The van der Waals surface area contributed by atoms with E-state index in [0.29, 0.717) is 42.3 Å². The number of carbonyl (C=O) groups is 2. The Hall–Kier alpha value is -3.06. The van der Waals surface area contributed by atoms with Gasteiger partial charge in [-0.05, 0) is 37.6 Å². The molecule has 2 N–H and O–H groups in total. The second-order valence-electron chi connectivity index (χ2n) is 6.05. The average molecular weight is 386 g/mol. The van der Waals surface area contributed by atoms with E-state index in [-0.39, 0.29) is 11.8 Å². The number of para-hydroxylation sites is 3. The number of amides is 2. The molecule has 7 nitrogen and oxygen atoms in total. The van der Waals surface area contributed by atoms with Crippen molar-refractivity contribution in [2.45, 2.75) is 19.4 Å². The van der Waals surface area contributed by atoms with Gasteiger partial charge in [0.05, 0.1) is 18.4 Å². The molecule has 0 aromatic heterocycles. The smallest absolute Gasteiger partial charge is 0.265 e. The van der Waals surface area contributed by atoms with Gasteiger partial charge in [0.2, 0.25) is 0 Å². The fourth-order valence-corrected chi connectivity index (χ4v) is 2.50.